The second-order valence-corrected chi connectivity index (χ2v) is 5.56. The molecule has 0 bridgehead atoms. The van der Waals surface area contributed by atoms with Crippen LogP contribution in [0.25, 0.3) is 0 Å². The number of nitrogens with one attached hydrogen (secondary N) is 2. The van der Waals surface area contributed by atoms with Crippen LogP contribution in [0.2, 0.25) is 0 Å². The van der Waals surface area contributed by atoms with Gasteiger partial charge in [0.15, 0.2) is 0 Å². The second-order valence-electron chi connectivity index (χ2n) is 5.56. The lowest BCUT2D eigenvalue weighted by Gasteiger charge is -2.37. The number of hydrogen-bond acceptors (Lipinski definition) is 3. The first-order chi connectivity index (χ1) is 10.7. The van der Waals surface area contributed by atoms with Crippen LogP contribution in [-0.4, -0.2) is 56.2 Å². The Morgan fingerprint density at radius 1 is 1.27 bits per heavy atom. The number of para-hydroxylation sites is 1. The Balaban J connectivity index is 1.71. The van der Waals surface area contributed by atoms with Crippen LogP contribution in [0.3, 0.4) is 0 Å². The lowest BCUT2D eigenvalue weighted by atomic mass is 10.2. The molecule has 0 aliphatic carbocycles. The third kappa shape index (κ3) is 4.97. The first-order valence-corrected chi connectivity index (χ1v) is 7.69. The van der Waals surface area contributed by atoms with Crippen molar-refractivity contribution in [3.8, 4) is 12.3 Å². The van der Waals surface area contributed by atoms with Crippen molar-refractivity contribution in [2.45, 2.75) is 13.0 Å². The molecule has 2 N–H and O–H groups in total. The van der Waals surface area contributed by atoms with E-state index >= 15 is 0 Å². The summed E-state index contributed by atoms with van der Waals surface area (Å²) in [5.41, 5.74) is 1.28. The summed E-state index contributed by atoms with van der Waals surface area (Å²) in [7, 11) is 0. The number of piperazine rings is 1. The fourth-order valence-corrected chi connectivity index (χ4v) is 2.67. The predicted octanol–water partition coefficient (Wildman–Crippen LogP) is 1.13. The molecule has 0 radical (unpaired) electrons. The summed E-state index contributed by atoms with van der Waals surface area (Å²) >= 11 is 0. The summed E-state index contributed by atoms with van der Waals surface area (Å²) in [6.45, 7) is 7.17. The van der Waals surface area contributed by atoms with Crippen LogP contribution in [-0.2, 0) is 0 Å². The number of hydrogen-bond donors (Lipinski definition) is 2. The highest BCUT2D eigenvalue weighted by molar-refractivity contribution is 5.74. The summed E-state index contributed by atoms with van der Waals surface area (Å²) in [4.78, 5) is 16.3. The van der Waals surface area contributed by atoms with Crippen LogP contribution in [0.15, 0.2) is 30.3 Å². The molecule has 2 amide bonds. The van der Waals surface area contributed by atoms with Gasteiger partial charge in [-0.15, -0.1) is 6.42 Å². The molecule has 5 nitrogen and oxygen atoms in total. The third-order valence-corrected chi connectivity index (χ3v) is 3.75. The van der Waals surface area contributed by atoms with E-state index in [0.717, 1.165) is 32.7 Å². The number of nitrogens with zero attached hydrogens (tertiary/aromatic N) is 2. The van der Waals surface area contributed by atoms with E-state index in [1.54, 1.807) is 0 Å². The maximum Gasteiger partial charge on any atom is 0.315 e. The van der Waals surface area contributed by atoms with E-state index in [2.05, 4.69) is 50.6 Å². The van der Waals surface area contributed by atoms with Gasteiger partial charge in [-0.25, -0.2) is 4.79 Å². The minimum atomic E-state index is -0.201. The van der Waals surface area contributed by atoms with Crippen LogP contribution < -0.4 is 15.5 Å². The zero-order valence-corrected chi connectivity index (χ0v) is 13.1. The van der Waals surface area contributed by atoms with Gasteiger partial charge in [-0.2, -0.15) is 0 Å². The number of terminal acetylenes is 1. The molecule has 0 saturated carbocycles. The van der Waals surface area contributed by atoms with Gasteiger partial charge in [0.05, 0.1) is 6.54 Å². The van der Waals surface area contributed by atoms with E-state index in [4.69, 9.17) is 6.42 Å². The lowest BCUT2D eigenvalue weighted by Crippen LogP contribution is -2.52. The zero-order valence-electron chi connectivity index (χ0n) is 13.1. The highest BCUT2D eigenvalue weighted by Gasteiger charge is 2.19. The molecule has 1 aromatic carbocycles. The predicted molar refractivity (Wildman–Crippen MR) is 89.9 cm³/mol. The largest absolute Gasteiger partial charge is 0.369 e. The fraction of sp³-hybridized carbons (Fsp3) is 0.471. The van der Waals surface area contributed by atoms with Crippen molar-refractivity contribution < 1.29 is 4.79 Å². The van der Waals surface area contributed by atoms with Crippen molar-refractivity contribution in [1.82, 2.24) is 15.5 Å². The molecular formula is C17H24N4O. The van der Waals surface area contributed by atoms with E-state index in [1.807, 2.05) is 13.0 Å². The highest BCUT2D eigenvalue weighted by atomic mass is 16.2. The molecule has 5 heteroatoms. The minimum Gasteiger partial charge on any atom is -0.369 e. The molecule has 1 aromatic rings. The normalized spacial score (nSPS) is 16.6. The Hall–Kier alpha value is -2.19. The van der Waals surface area contributed by atoms with Gasteiger partial charge in [-0.05, 0) is 19.1 Å². The van der Waals surface area contributed by atoms with Gasteiger partial charge in [0.2, 0.25) is 0 Å². The van der Waals surface area contributed by atoms with Gasteiger partial charge in [0.1, 0.15) is 0 Å². The van der Waals surface area contributed by atoms with Crippen LogP contribution >= 0.6 is 0 Å². The first-order valence-electron chi connectivity index (χ1n) is 7.69. The van der Waals surface area contributed by atoms with Gasteiger partial charge in [-0.3, -0.25) is 4.90 Å². The molecular weight excluding hydrogens is 276 g/mol. The molecule has 1 saturated heterocycles. The SMILES string of the molecule is C#CCNC(=O)N[C@H](C)CN1CCN(c2ccccc2)CC1. The topological polar surface area (TPSA) is 47.6 Å². The first kappa shape index (κ1) is 16.2. The van der Waals surface area contributed by atoms with Gasteiger partial charge in [-0.1, -0.05) is 24.1 Å². The minimum absolute atomic E-state index is 0.0982. The van der Waals surface area contributed by atoms with Gasteiger partial charge in [0, 0.05) is 44.5 Å². The molecule has 118 valence electrons. The number of urea groups is 1. The van der Waals surface area contributed by atoms with Gasteiger partial charge >= 0.3 is 6.03 Å². The summed E-state index contributed by atoms with van der Waals surface area (Å²) in [5.74, 6) is 2.39. The third-order valence-electron chi connectivity index (χ3n) is 3.75. The van der Waals surface area contributed by atoms with Gasteiger partial charge in [0.25, 0.3) is 0 Å². The van der Waals surface area contributed by atoms with E-state index < -0.39 is 0 Å². The van der Waals surface area contributed by atoms with E-state index in [0.29, 0.717) is 0 Å². The maximum absolute atomic E-state index is 11.5. The second kappa shape index (κ2) is 8.30. The van der Waals surface area contributed by atoms with E-state index in [9.17, 15) is 4.79 Å². The van der Waals surface area contributed by atoms with Crippen LogP contribution in [0.1, 0.15) is 6.92 Å². The van der Waals surface area contributed by atoms with Crippen molar-refractivity contribution in [3.05, 3.63) is 30.3 Å². The summed E-state index contributed by atoms with van der Waals surface area (Å²) in [6, 6.07) is 10.4. The van der Waals surface area contributed by atoms with Crippen molar-refractivity contribution in [1.29, 1.82) is 0 Å². The molecule has 2 rings (SSSR count). The molecule has 0 spiro atoms. The summed E-state index contributed by atoms with van der Waals surface area (Å²) in [6.07, 6.45) is 5.11. The number of carbonyl (C=O) groups excluding carboxylic acids is 1. The smallest absolute Gasteiger partial charge is 0.315 e. The Kier molecular flexibility index (Phi) is 6.11. The van der Waals surface area contributed by atoms with Crippen LogP contribution in [0.5, 0.6) is 0 Å². The molecule has 1 aliphatic heterocycles. The quantitative estimate of drug-likeness (QED) is 0.802. The summed E-state index contributed by atoms with van der Waals surface area (Å²) < 4.78 is 0. The van der Waals surface area contributed by atoms with Crippen LogP contribution in [0, 0.1) is 12.3 Å². The standard InChI is InChI=1S/C17H24N4O/c1-3-9-18-17(22)19-15(2)14-20-10-12-21(13-11-20)16-7-5-4-6-8-16/h1,4-8,15H,9-14H2,2H3,(H2,18,19,22)/t15-/m1/s1. The number of rotatable bonds is 5. The molecule has 1 fully saturated rings. The van der Waals surface area contributed by atoms with E-state index in [1.165, 1.54) is 5.69 Å². The summed E-state index contributed by atoms with van der Waals surface area (Å²) in [5, 5.41) is 5.52. The molecule has 1 heterocycles. The maximum atomic E-state index is 11.5. The molecule has 0 aromatic heterocycles. The number of benzene rings is 1. The van der Waals surface area contributed by atoms with Crippen LogP contribution in [0.4, 0.5) is 10.5 Å². The zero-order chi connectivity index (χ0) is 15.8. The van der Waals surface area contributed by atoms with E-state index in [-0.39, 0.29) is 18.6 Å². The van der Waals surface area contributed by atoms with Crippen molar-refractivity contribution >= 4 is 11.7 Å². The number of anilines is 1. The number of amides is 2. The fourth-order valence-electron chi connectivity index (χ4n) is 2.67. The Labute approximate surface area is 132 Å². The highest BCUT2D eigenvalue weighted by Crippen LogP contribution is 2.15. The Morgan fingerprint density at radius 3 is 2.59 bits per heavy atom. The molecule has 1 aliphatic rings. The molecule has 1 atom stereocenters. The molecule has 0 unspecified atom stereocenters. The molecule has 22 heavy (non-hydrogen) atoms. The van der Waals surface area contributed by atoms with Crippen molar-refractivity contribution in [2.24, 2.45) is 0 Å². The Bertz CT molecular complexity index is 503. The number of carbonyl (C=O) groups is 1. The average Bonchev–Trinajstić information content (AvgIpc) is 2.54. The average molecular weight is 300 g/mol. The Morgan fingerprint density at radius 2 is 1.95 bits per heavy atom. The van der Waals surface area contributed by atoms with Crippen molar-refractivity contribution in [3.63, 3.8) is 0 Å². The lowest BCUT2D eigenvalue weighted by molar-refractivity contribution is 0.218. The van der Waals surface area contributed by atoms with Crippen molar-refractivity contribution in [2.75, 3.05) is 44.2 Å². The monoisotopic (exact) mass is 300 g/mol. The van der Waals surface area contributed by atoms with Gasteiger partial charge < -0.3 is 15.5 Å².